The van der Waals surface area contributed by atoms with Gasteiger partial charge in [-0.25, -0.2) is 4.98 Å². The quantitative estimate of drug-likeness (QED) is 0.602. The van der Waals surface area contributed by atoms with E-state index in [0.29, 0.717) is 5.71 Å². The fraction of sp³-hybridized carbons (Fsp3) is 0.375. The summed E-state index contributed by atoms with van der Waals surface area (Å²) < 4.78 is 6.01. The maximum Gasteiger partial charge on any atom is 0.230 e. The van der Waals surface area contributed by atoms with Crippen LogP contribution in [0, 0.1) is 41.5 Å². The van der Waals surface area contributed by atoms with Gasteiger partial charge in [0, 0.05) is 5.39 Å². The first-order valence-corrected chi connectivity index (χ1v) is 6.55. The van der Waals surface area contributed by atoms with Crippen molar-refractivity contribution in [3.63, 3.8) is 0 Å². The van der Waals surface area contributed by atoms with Gasteiger partial charge in [-0.2, -0.15) is 4.98 Å². The molecule has 0 N–H and O–H groups in total. The summed E-state index contributed by atoms with van der Waals surface area (Å²) in [5, 5.41) is 2.23. The molecular formula is C16H18N2O. The van der Waals surface area contributed by atoms with Crippen molar-refractivity contribution in [2.45, 2.75) is 41.5 Å². The van der Waals surface area contributed by atoms with E-state index in [4.69, 9.17) is 4.42 Å². The van der Waals surface area contributed by atoms with Gasteiger partial charge in [0.05, 0.1) is 11.1 Å². The van der Waals surface area contributed by atoms with E-state index in [1.54, 1.807) is 0 Å². The highest BCUT2D eigenvalue weighted by Gasteiger charge is 2.19. The van der Waals surface area contributed by atoms with E-state index in [1.807, 2.05) is 13.8 Å². The zero-order valence-corrected chi connectivity index (χ0v) is 12.3. The standard InChI is InChI=1S/C16H18N2O/c1-7-8(2)10(4)15-13(9(7)3)14-11(5)17-12(6)18-16(14)19-15/h1-6H3. The molecule has 0 atom stereocenters. The Balaban J connectivity index is 2.67. The lowest BCUT2D eigenvalue weighted by Gasteiger charge is -2.09. The topological polar surface area (TPSA) is 38.9 Å². The second-order valence-corrected chi connectivity index (χ2v) is 5.34. The molecule has 0 bridgehead atoms. The summed E-state index contributed by atoms with van der Waals surface area (Å²) in [6.07, 6.45) is 0. The molecule has 0 unspecified atom stereocenters. The van der Waals surface area contributed by atoms with Crippen LogP contribution in [0.25, 0.3) is 22.1 Å². The van der Waals surface area contributed by atoms with Crippen molar-refractivity contribution in [1.82, 2.24) is 9.97 Å². The first-order valence-electron chi connectivity index (χ1n) is 6.55. The van der Waals surface area contributed by atoms with E-state index in [1.165, 1.54) is 27.6 Å². The second-order valence-electron chi connectivity index (χ2n) is 5.34. The average molecular weight is 254 g/mol. The van der Waals surface area contributed by atoms with Gasteiger partial charge in [0.2, 0.25) is 5.71 Å². The van der Waals surface area contributed by atoms with Gasteiger partial charge in [-0.05, 0) is 63.8 Å². The molecule has 98 valence electrons. The number of fused-ring (bicyclic) bond motifs is 3. The molecule has 0 radical (unpaired) electrons. The molecule has 0 amide bonds. The number of hydrogen-bond donors (Lipinski definition) is 0. The molecule has 3 rings (SSSR count). The molecule has 2 heterocycles. The molecule has 3 nitrogen and oxygen atoms in total. The summed E-state index contributed by atoms with van der Waals surface area (Å²) in [6.45, 7) is 12.5. The van der Waals surface area contributed by atoms with Gasteiger partial charge < -0.3 is 4.42 Å². The lowest BCUT2D eigenvalue weighted by molar-refractivity contribution is 0.646. The fourth-order valence-electron chi connectivity index (χ4n) is 2.85. The van der Waals surface area contributed by atoms with Crippen LogP contribution in [0.5, 0.6) is 0 Å². The Hall–Kier alpha value is -1.90. The molecule has 0 aliphatic carbocycles. The molecule has 3 aromatic rings. The molecule has 2 aromatic heterocycles. The van der Waals surface area contributed by atoms with E-state index >= 15 is 0 Å². The molecule has 0 aliphatic heterocycles. The molecule has 0 saturated carbocycles. The van der Waals surface area contributed by atoms with Crippen molar-refractivity contribution < 1.29 is 4.42 Å². The van der Waals surface area contributed by atoms with E-state index in [9.17, 15) is 0 Å². The Kier molecular flexibility index (Phi) is 2.43. The van der Waals surface area contributed by atoms with Crippen molar-refractivity contribution in [3.8, 4) is 0 Å². The molecule has 0 spiro atoms. The number of hydrogen-bond acceptors (Lipinski definition) is 3. The highest BCUT2D eigenvalue weighted by molar-refractivity contribution is 6.08. The fourth-order valence-corrected chi connectivity index (χ4v) is 2.85. The van der Waals surface area contributed by atoms with Gasteiger partial charge in [0.25, 0.3) is 0 Å². The van der Waals surface area contributed by atoms with Crippen LogP contribution in [0.4, 0.5) is 0 Å². The first kappa shape index (κ1) is 12.2. The van der Waals surface area contributed by atoms with E-state index in [-0.39, 0.29) is 0 Å². The smallest absolute Gasteiger partial charge is 0.230 e. The number of aryl methyl sites for hydroxylation is 4. The normalized spacial score (nSPS) is 11.7. The van der Waals surface area contributed by atoms with Gasteiger partial charge in [-0.1, -0.05) is 0 Å². The largest absolute Gasteiger partial charge is 0.437 e. The van der Waals surface area contributed by atoms with Crippen LogP contribution in [0.2, 0.25) is 0 Å². The van der Waals surface area contributed by atoms with Crippen LogP contribution in [0.1, 0.15) is 33.8 Å². The molecule has 19 heavy (non-hydrogen) atoms. The number of furan rings is 1. The molecule has 0 saturated heterocycles. The van der Waals surface area contributed by atoms with E-state index in [0.717, 1.165) is 22.5 Å². The SMILES string of the molecule is Cc1nc(C)c2c(n1)oc1c(C)c(C)c(C)c(C)c12. The van der Waals surface area contributed by atoms with Crippen molar-refractivity contribution in [2.75, 3.05) is 0 Å². The van der Waals surface area contributed by atoms with Crippen LogP contribution < -0.4 is 0 Å². The van der Waals surface area contributed by atoms with Gasteiger partial charge in [-0.15, -0.1) is 0 Å². The maximum absolute atomic E-state index is 6.01. The van der Waals surface area contributed by atoms with Crippen molar-refractivity contribution >= 4 is 22.1 Å². The highest BCUT2D eigenvalue weighted by Crippen LogP contribution is 2.37. The Morgan fingerprint density at radius 1 is 0.684 bits per heavy atom. The summed E-state index contributed by atoms with van der Waals surface area (Å²) in [4.78, 5) is 8.91. The molecule has 1 aromatic carbocycles. The Morgan fingerprint density at radius 2 is 1.32 bits per heavy atom. The average Bonchev–Trinajstić information content (AvgIpc) is 2.73. The van der Waals surface area contributed by atoms with Crippen molar-refractivity contribution in [2.24, 2.45) is 0 Å². The zero-order valence-electron chi connectivity index (χ0n) is 12.3. The maximum atomic E-state index is 6.01. The van der Waals surface area contributed by atoms with Gasteiger partial charge in [-0.3, -0.25) is 0 Å². The Labute approximate surface area is 112 Å². The van der Waals surface area contributed by atoms with Gasteiger partial charge in [0.1, 0.15) is 11.4 Å². The predicted molar refractivity (Wildman–Crippen MR) is 77.7 cm³/mol. The van der Waals surface area contributed by atoms with E-state index in [2.05, 4.69) is 37.7 Å². The third-order valence-corrected chi connectivity index (χ3v) is 4.25. The third-order valence-electron chi connectivity index (χ3n) is 4.25. The molecule has 0 fully saturated rings. The predicted octanol–water partition coefficient (Wildman–Crippen LogP) is 4.23. The summed E-state index contributed by atoms with van der Waals surface area (Å²) in [5.74, 6) is 0.757. The lowest BCUT2D eigenvalue weighted by Crippen LogP contribution is -1.94. The number of benzene rings is 1. The zero-order chi connectivity index (χ0) is 13.9. The molecule has 0 aliphatic rings. The first-order chi connectivity index (χ1) is 8.91. The number of rotatable bonds is 0. The van der Waals surface area contributed by atoms with Gasteiger partial charge in [0.15, 0.2) is 0 Å². The van der Waals surface area contributed by atoms with Crippen molar-refractivity contribution in [1.29, 1.82) is 0 Å². The Bertz CT molecular complexity index is 828. The number of aromatic nitrogens is 2. The van der Waals surface area contributed by atoms with E-state index < -0.39 is 0 Å². The lowest BCUT2D eigenvalue weighted by atomic mass is 9.94. The summed E-state index contributed by atoms with van der Waals surface area (Å²) >= 11 is 0. The minimum absolute atomic E-state index is 0.705. The van der Waals surface area contributed by atoms with Gasteiger partial charge >= 0.3 is 0 Å². The van der Waals surface area contributed by atoms with Crippen LogP contribution in [-0.2, 0) is 0 Å². The van der Waals surface area contributed by atoms with Crippen molar-refractivity contribution in [3.05, 3.63) is 33.8 Å². The van der Waals surface area contributed by atoms with Crippen LogP contribution in [0.3, 0.4) is 0 Å². The third kappa shape index (κ3) is 1.51. The highest BCUT2D eigenvalue weighted by atomic mass is 16.3. The Morgan fingerprint density at radius 3 is 2.00 bits per heavy atom. The van der Waals surface area contributed by atoms with Crippen LogP contribution in [-0.4, -0.2) is 9.97 Å². The van der Waals surface area contributed by atoms with Crippen LogP contribution in [0.15, 0.2) is 4.42 Å². The minimum atomic E-state index is 0.705. The molecule has 3 heteroatoms. The van der Waals surface area contributed by atoms with Crippen LogP contribution >= 0.6 is 0 Å². The number of nitrogens with zero attached hydrogens (tertiary/aromatic N) is 2. The minimum Gasteiger partial charge on any atom is -0.437 e. The molecular weight excluding hydrogens is 236 g/mol. The summed E-state index contributed by atoms with van der Waals surface area (Å²) in [6, 6.07) is 0. The summed E-state index contributed by atoms with van der Waals surface area (Å²) in [5.41, 5.74) is 7.75. The monoisotopic (exact) mass is 254 g/mol. The second kappa shape index (κ2) is 3.80. The summed E-state index contributed by atoms with van der Waals surface area (Å²) in [7, 11) is 0.